The Kier molecular flexibility index (Phi) is 2.55. The lowest BCUT2D eigenvalue weighted by Crippen LogP contribution is -2.65. The zero-order valence-electron chi connectivity index (χ0n) is 11.8. The van der Waals surface area contributed by atoms with E-state index in [0.717, 1.165) is 37.6 Å². The predicted octanol–water partition coefficient (Wildman–Crippen LogP) is 2.20. The maximum atomic E-state index is 12.4. The van der Waals surface area contributed by atoms with Crippen molar-refractivity contribution in [1.82, 2.24) is 5.32 Å². The molecule has 3 N–H and O–H groups in total. The molecule has 2 atom stereocenters. The molecule has 0 aliphatic heterocycles. The lowest BCUT2D eigenvalue weighted by Gasteiger charge is -2.62. The molecule has 0 spiro atoms. The number of carbonyl (C=O) groups excluding carboxylic acids is 1. The maximum absolute atomic E-state index is 12.4. The average Bonchev–Trinajstić information content (AvgIpc) is 2.23. The van der Waals surface area contributed by atoms with E-state index < -0.39 is 0 Å². The Morgan fingerprint density at radius 1 is 1.16 bits per heavy atom. The van der Waals surface area contributed by atoms with Crippen molar-refractivity contribution in [3.05, 3.63) is 0 Å². The van der Waals surface area contributed by atoms with Crippen LogP contribution in [0.25, 0.3) is 0 Å². The third-order valence-electron chi connectivity index (χ3n) is 6.48. The first-order valence-electron chi connectivity index (χ1n) is 8.14. The molecule has 0 aromatic heterocycles. The highest BCUT2D eigenvalue weighted by atomic mass is 16.2. The standard InChI is InChI=1S/C16H26N2O/c17-10-15-5-11-4-12(6-15)8-16(7-11,9-15)18-14(19)13-2-1-3-13/h11-13H,1-10,17H2,(H,18,19). The Hall–Kier alpha value is -0.570. The van der Waals surface area contributed by atoms with Crippen molar-refractivity contribution in [3.8, 4) is 0 Å². The Labute approximate surface area is 115 Å². The molecular formula is C16H26N2O. The van der Waals surface area contributed by atoms with Gasteiger partial charge in [-0.05, 0) is 75.2 Å². The van der Waals surface area contributed by atoms with Gasteiger partial charge in [-0.15, -0.1) is 0 Å². The van der Waals surface area contributed by atoms with E-state index in [1.807, 2.05) is 0 Å². The second-order valence-corrected chi connectivity index (χ2v) is 8.06. The van der Waals surface area contributed by atoms with Crippen LogP contribution in [-0.4, -0.2) is 18.0 Å². The summed E-state index contributed by atoms with van der Waals surface area (Å²) in [6, 6.07) is 0. The van der Waals surface area contributed by atoms with Crippen molar-refractivity contribution in [2.24, 2.45) is 28.9 Å². The van der Waals surface area contributed by atoms with Crippen molar-refractivity contribution in [1.29, 1.82) is 0 Å². The number of rotatable bonds is 3. The molecule has 19 heavy (non-hydrogen) atoms. The molecule has 106 valence electrons. The Morgan fingerprint density at radius 3 is 2.37 bits per heavy atom. The molecule has 2 unspecified atom stereocenters. The minimum atomic E-state index is 0.121. The summed E-state index contributed by atoms with van der Waals surface area (Å²) < 4.78 is 0. The molecule has 5 fully saturated rings. The summed E-state index contributed by atoms with van der Waals surface area (Å²) in [6.45, 7) is 0.820. The molecule has 5 aliphatic carbocycles. The second kappa shape index (κ2) is 3.97. The molecule has 5 saturated carbocycles. The highest BCUT2D eigenvalue weighted by Gasteiger charge is 2.57. The Morgan fingerprint density at radius 2 is 1.84 bits per heavy atom. The van der Waals surface area contributed by atoms with E-state index in [-0.39, 0.29) is 5.54 Å². The van der Waals surface area contributed by atoms with Gasteiger partial charge < -0.3 is 11.1 Å². The van der Waals surface area contributed by atoms with Gasteiger partial charge in [0.25, 0.3) is 0 Å². The van der Waals surface area contributed by atoms with Crippen molar-refractivity contribution >= 4 is 5.91 Å². The van der Waals surface area contributed by atoms with Crippen LogP contribution in [0.15, 0.2) is 0 Å². The van der Waals surface area contributed by atoms with Gasteiger partial charge >= 0.3 is 0 Å². The van der Waals surface area contributed by atoms with Crippen LogP contribution in [0.1, 0.15) is 57.8 Å². The lowest BCUT2D eigenvalue weighted by atomic mass is 9.47. The van der Waals surface area contributed by atoms with Crippen LogP contribution in [0.4, 0.5) is 0 Å². The van der Waals surface area contributed by atoms with E-state index in [2.05, 4.69) is 5.32 Å². The van der Waals surface area contributed by atoms with Crippen LogP contribution in [0, 0.1) is 23.2 Å². The molecule has 1 amide bonds. The molecular weight excluding hydrogens is 236 g/mol. The first-order chi connectivity index (χ1) is 9.12. The smallest absolute Gasteiger partial charge is 0.223 e. The summed E-state index contributed by atoms with van der Waals surface area (Å²) in [7, 11) is 0. The van der Waals surface area contributed by atoms with Crippen LogP contribution >= 0.6 is 0 Å². The van der Waals surface area contributed by atoms with E-state index in [1.165, 1.54) is 38.5 Å². The molecule has 0 aromatic carbocycles. The van der Waals surface area contributed by atoms with E-state index in [0.29, 0.717) is 17.2 Å². The maximum Gasteiger partial charge on any atom is 0.223 e. The fourth-order valence-corrected chi connectivity index (χ4v) is 5.87. The van der Waals surface area contributed by atoms with Gasteiger partial charge in [-0.1, -0.05) is 6.42 Å². The molecule has 5 aliphatic rings. The van der Waals surface area contributed by atoms with E-state index in [9.17, 15) is 4.79 Å². The number of nitrogens with one attached hydrogen (secondary N) is 1. The van der Waals surface area contributed by atoms with Gasteiger partial charge in [0.1, 0.15) is 0 Å². The normalized spacial score (nSPS) is 48.1. The molecule has 0 aromatic rings. The minimum Gasteiger partial charge on any atom is -0.350 e. The summed E-state index contributed by atoms with van der Waals surface area (Å²) in [6.07, 6.45) is 11.1. The van der Waals surface area contributed by atoms with Crippen molar-refractivity contribution < 1.29 is 4.79 Å². The molecule has 0 heterocycles. The monoisotopic (exact) mass is 262 g/mol. The summed E-state index contributed by atoms with van der Waals surface area (Å²) in [4.78, 5) is 12.4. The molecule has 3 nitrogen and oxygen atoms in total. The summed E-state index contributed by atoms with van der Waals surface area (Å²) in [5.74, 6) is 2.32. The SMILES string of the molecule is NCC12CC3CC(C1)CC(NC(=O)C1CCC1)(C3)C2. The molecule has 5 rings (SSSR count). The van der Waals surface area contributed by atoms with Gasteiger partial charge in [0.15, 0.2) is 0 Å². The molecule has 4 bridgehead atoms. The average molecular weight is 262 g/mol. The van der Waals surface area contributed by atoms with E-state index in [4.69, 9.17) is 5.73 Å². The van der Waals surface area contributed by atoms with Crippen LogP contribution in [0.5, 0.6) is 0 Å². The molecule has 0 saturated heterocycles. The summed E-state index contributed by atoms with van der Waals surface area (Å²) in [5, 5.41) is 3.49. The van der Waals surface area contributed by atoms with Crippen molar-refractivity contribution in [2.45, 2.75) is 63.3 Å². The Balaban J connectivity index is 1.55. The molecule has 0 radical (unpaired) electrons. The number of amides is 1. The van der Waals surface area contributed by atoms with Gasteiger partial charge in [0.05, 0.1) is 0 Å². The van der Waals surface area contributed by atoms with Gasteiger partial charge in [0.2, 0.25) is 5.91 Å². The van der Waals surface area contributed by atoms with E-state index >= 15 is 0 Å². The van der Waals surface area contributed by atoms with E-state index in [1.54, 1.807) is 0 Å². The van der Waals surface area contributed by atoms with Crippen molar-refractivity contribution in [2.75, 3.05) is 6.54 Å². The highest BCUT2D eigenvalue weighted by molar-refractivity contribution is 5.80. The quantitative estimate of drug-likeness (QED) is 0.819. The van der Waals surface area contributed by atoms with Gasteiger partial charge in [-0.3, -0.25) is 4.79 Å². The topological polar surface area (TPSA) is 55.1 Å². The van der Waals surface area contributed by atoms with Gasteiger partial charge in [-0.2, -0.15) is 0 Å². The number of nitrogens with two attached hydrogens (primary N) is 1. The van der Waals surface area contributed by atoms with Crippen LogP contribution in [0.2, 0.25) is 0 Å². The number of carbonyl (C=O) groups is 1. The largest absolute Gasteiger partial charge is 0.350 e. The molecule has 3 heteroatoms. The zero-order valence-corrected chi connectivity index (χ0v) is 11.8. The second-order valence-electron chi connectivity index (χ2n) is 8.06. The van der Waals surface area contributed by atoms with Crippen LogP contribution in [-0.2, 0) is 4.79 Å². The van der Waals surface area contributed by atoms with Crippen LogP contribution in [0.3, 0.4) is 0 Å². The fourth-order valence-electron chi connectivity index (χ4n) is 5.87. The number of hydrogen-bond acceptors (Lipinski definition) is 2. The van der Waals surface area contributed by atoms with Crippen LogP contribution < -0.4 is 11.1 Å². The first kappa shape index (κ1) is 12.2. The summed E-state index contributed by atoms with van der Waals surface area (Å²) in [5.41, 5.74) is 6.58. The Bertz CT molecular complexity index is 388. The van der Waals surface area contributed by atoms with Gasteiger partial charge in [0, 0.05) is 11.5 Å². The lowest BCUT2D eigenvalue weighted by molar-refractivity contribution is -0.136. The first-order valence-corrected chi connectivity index (χ1v) is 8.14. The minimum absolute atomic E-state index is 0.121. The predicted molar refractivity (Wildman–Crippen MR) is 74.4 cm³/mol. The summed E-state index contributed by atoms with van der Waals surface area (Å²) >= 11 is 0. The zero-order chi connectivity index (χ0) is 13.1. The van der Waals surface area contributed by atoms with Gasteiger partial charge in [-0.25, -0.2) is 0 Å². The highest BCUT2D eigenvalue weighted by Crippen LogP contribution is 2.61. The third kappa shape index (κ3) is 1.84. The number of hydrogen-bond donors (Lipinski definition) is 2. The van der Waals surface area contributed by atoms with Crippen molar-refractivity contribution in [3.63, 3.8) is 0 Å². The third-order valence-corrected chi connectivity index (χ3v) is 6.48. The fraction of sp³-hybridized carbons (Fsp3) is 0.938.